The second-order valence-corrected chi connectivity index (χ2v) is 12.7. The number of benzene rings is 4. The van der Waals surface area contributed by atoms with Gasteiger partial charge in [-0.3, -0.25) is 19.2 Å². The van der Waals surface area contributed by atoms with E-state index in [1.54, 1.807) is 24.0 Å². The van der Waals surface area contributed by atoms with E-state index in [4.69, 9.17) is 5.73 Å². The Morgan fingerprint density at radius 2 is 1.49 bits per heavy atom. The van der Waals surface area contributed by atoms with E-state index in [-0.39, 0.29) is 37.6 Å². The molecule has 5 rings (SSSR count). The number of carbonyl (C=O) groups is 4. The summed E-state index contributed by atoms with van der Waals surface area (Å²) in [5, 5.41) is 17.4. The van der Waals surface area contributed by atoms with Crippen LogP contribution in [0.15, 0.2) is 91.0 Å². The smallest absolute Gasteiger partial charge is 0.246 e. The summed E-state index contributed by atoms with van der Waals surface area (Å²) in [5.41, 5.74) is 8.77. The quantitative estimate of drug-likeness (QED) is 0.183. The van der Waals surface area contributed by atoms with Crippen LogP contribution in [0, 0.1) is 5.82 Å². The number of fused-ring (bicyclic) bond motifs is 1. The van der Waals surface area contributed by atoms with Crippen LogP contribution in [0.4, 0.5) is 4.39 Å². The first-order valence-corrected chi connectivity index (χ1v) is 16.4. The molecule has 11 heteroatoms. The summed E-state index contributed by atoms with van der Waals surface area (Å²) in [4.78, 5) is 56.8. The van der Waals surface area contributed by atoms with Crippen molar-refractivity contribution in [2.24, 2.45) is 5.73 Å². The predicted octanol–water partition coefficient (Wildman–Crippen LogP) is 3.09. The topological polar surface area (TPSA) is 145 Å². The first-order valence-electron chi connectivity index (χ1n) is 16.4. The molecule has 4 amide bonds. The lowest BCUT2D eigenvalue weighted by Gasteiger charge is -2.44. The number of halogens is 1. The maximum absolute atomic E-state index is 14.3. The molecule has 0 aromatic heterocycles. The van der Waals surface area contributed by atoms with Crippen LogP contribution >= 0.6 is 0 Å². The number of nitrogens with zero attached hydrogens (tertiary/aromatic N) is 2. The maximum Gasteiger partial charge on any atom is 0.246 e. The number of rotatable bonds is 12. The van der Waals surface area contributed by atoms with Gasteiger partial charge in [-0.15, -0.1) is 0 Å². The first kappa shape index (κ1) is 35.0. The molecular formula is C38H42FN5O5. The summed E-state index contributed by atoms with van der Waals surface area (Å²) in [6, 6.07) is 22.9. The van der Waals surface area contributed by atoms with Crippen molar-refractivity contribution in [1.29, 1.82) is 0 Å². The third kappa shape index (κ3) is 9.20. The third-order valence-corrected chi connectivity index (χ3v) is 8.88. The van der Waals surface area contributed by atoms with Crippen LogP contribution in [-0.2, 0) is 38.4 Å². The van der Waals surface area contributed by atoms with Crippen LogP contribution in [0.2, 0.25) is 0 Å². The molecule has 1 fully saturated rings. The number of nitrogens with two attached hydrogens (primary N) is 1. The maximum atomic E-state index is 14.3. The van der Waals surface area contributed by atoms with Crippen molar-refractivity contribution in [3.05, 3.63) is 114 Å². The Balaban J connectivity index is 1.34. The standard InChI is InChI=1S/C38H42FN5O5/c1-24(40)35-22-43(18-17-28-7-12-29-5-3-4-6-30(29)19-28)36(47)23-44(35)38(49)34(21-26-8-13-31(39)14-9-26)42-37(48)33(41-25(2)45)20-27-10-15-32(46)16-11-27/h3-16,19,24,33-35,46H,17-18,20-23,40H2,1-2H3,(H,41,45)(H,42,48). The van der Waals surface area contributed by atoms with Gasteiger partial charge in [-0.1, -0.05) is 66.7 Å². The zero-order valence-corrected chi connectivity index (χ0v) is 27.6. The Morgan fingerprint density at radius 3 is 2.14 bits per heavy atom. The number of carbonyl (C=O) groups excluding carboxylic acids is 4. The van der Waals surface area contributed by atoms with Gasteiger partial charge in [0.05, 0.1) is 6.04 Å². The lowest BCUT2D eigenvalue weighted by atomic mass is 9.98. The van der Waals surface area contributed by atoms with E-state index in [0.29, 0.717) is 24.1 Å². The molecule has 4 unspecified atom stereocenters. The van der Waals surface area contributed by atoms with Crippen LogP contribution in [-0.4, -0.2) is 82.3 Å². The van der Waals surface area contributed by atoms with Gasteiger partial charge in [0.2, 0.25) is 23.6 Å². The van der Waals surface area contributed by atoms with Crippen LogP contribution < -0.4 is 16.4 Å². The molecule has 1 aliphatic rings. The van der Waals surface area contributed by atoms with Crippen LogP contribution in [0.25, 0.3) is 10.8 Å². The monoisotopic (exact) mass is 667 g/mol. The molecule has 4 aromatic carbocycles. The normalized spacial score (nSPS) is 16.6. The van der Waals surface area contributed by atoms with E-state index in [0.717, 1.165) is 16.3 Å². The minimum atomic E-state index is -1.15. The molecular weight excluding hydrogens is 625 g/mol. The number of phenols is 1. The summed E-state index contributed by atoms with van der Waals surface area (Å²) < 4.78 is 13.7. The van der Waals surface area contributed by atoms with Gasteiger partial charge in [0.1, 0.15) is 30.2 Å². The van der Waals surface area contributed by atoms with Crippen molar-refractivity contribution in [3.8, 4) is 5.75 Å². The number of piperazine rings is 1. The minimum Gasteiger partial charge on any atom is -0.508 e. The van der Waals surface area contributed by atoms with Crippen molar-refractivity contribution in [1.82, 2.24) is 20.4 Å². The van der Waals surface area contributed by atoms with Gasteiger partial charge < -0.3 is 31.3 Å². The van der Waals surface area contributed by atoms with Crippen LogP contribution in [0.3, 0.4) is 0 Å². The molecule has 5 N–H and O–H groups in total. The van der Waals surface area contributed by atoms with Crippen LogP contribution in [0.5, 0.6) is 5.75 Å². The number of hydrogen-bond acceptors (Lipinski definition) is 6. The summed E-state index contributed by atoms with van der Waals surface area (Å²) in [6.45, 7) is 3.52. The Kier molecular flexibility index (Phi) is 11.3. The lowest BCUT2D eigenvalue weighted by Crippen LogP contribution is -2.66. The van der Waals surface area contributed by atoms with Gasteiger partial charge in [0.15, 0.2) is 0 Å². The molecule has 10 nitrogen and oxygen atoms in total. The third-order valence-electron chi connectivity index (χ3n) is 8.88. The van der Waals surface area contributed by atoms with Gasteiger partial charge in [0, 0.05) is 38.9 Å². The minimum absolute atomic E-state index is 0.0128. The Hall–Kier alpha value is -5.29. The zero-order chi connectivity index (χ0) is 35.1. The van der Waals surface area contributed by atoms with Gasteiger partial charge >= 0.3 is 0 Å². The molecule has 0 radical (unpaired) electrons. The second-order valence-electron chi connectivity index (χ2n) is 12.7. The van der Waals surface area contributed by atoms with Crippen molar-refractivity contribution in [2.75, 3.05) is 19.6 Å². The predicted molar refractivity (Wildman–Crippen MR) is 185 cm³/mol. The highest BCUT2D eigenvalue weighted by Gasteiger charge is 2.40. The molecule has 49 heavy (non-hydrogen) atoms. The average molecular weight is 668 g/mol. The highest BCUT2D eigenvalue weighted by atomic mass is 19.1. The number of amides is 4. The van der Waals surface area contributed by atoms with Crippen molar-refractivity contribution in [2.45, 2.75) is 57.3 Å². The molecule has 1 heterocycles. The fourth-order valence-corrected chi connectivity index (χ4v) is 6.21. The molecule has 1 aliphatic heterocycles. The molecule has 4 atom stereocenters. The average Bonchev–Trinajstić information content (AvgIpc) is 3.08. The highest BCUT2D eigenvalue weighted by molar-refractivity contribution is 5.94. The summed E-state index contributed by atoms with van der Waals surface area (Å²) >= 11 is 0. The van der Waals surface area contributed by atoms with E-state index in [2.05, 4.69) is 22.8 Å². The zero-order valence-electron chi connectivity index (χ0n) is 27.6. The fraction of sp³-hybridized carbons (Fsp3) is 0.316. The van der Waals surface area contributed by atoms with Gasteiger partial charge in [-0.25, -0.2) is 4.39 Å². The van der Waals surface area contributed by atoms with E-state index in [1.165, 1.54) is 48.2 Å². The molecule has 0 bridgehead atoms. The van der Waals surface area contributed by atoms with Gasteiger partial charge in [-0.2, -0.15) is 0 Å². The largest absolute Gasteiger partial charge is 0.508 e. The molecule has 256 valence electrons. The summed E-state index contributed by atoms with van der Waals surface area (Å²) in [5.74, 6) is -2.18. The van der Waals surface area contributed by atoms with E-state index in [1.807, 2.05) is 30.3 Å². The van der Waals surface area contributed by atoms with E-state index in [9.17, 15) is 28.7 Å². The Bertz CT molecular complexity index is 1800. The van der Waals surface area contributed by atoms with E-state index < -0.39 is 47.7 Å². The SMILES string of the molecule is CC(=O)NC(Cc1ccc(O)cc1)C(=O)NC(Cc1ccc(F)cc1)C(=O)N1CC(=O)N(CCc2ccc3ccccc3c2)CC1C(C)N. The molecule has 0 spiro atoms. The number of aromatic hydroxyl groups is 1. The Labute approximate surface area is 285 Å². The summed E-state index contributed by atoms with van der Waals surface area (Å²) in [6.07, 6.45) is 0.740. The van der Waals surface area contributed by atoms with Crippen molar-refractivity contribution < 1.29 is 28.7 Å². The highest BCUT2D eigenvalue weighted by Crippen LogP contribution is 2.20. The Morgan fingerprint density at radius 1 is 0.878 bits per heavy atom. The molecule has 1 saturated heterocycles. The molecule has 4 aromatic rings. The van der Waals surface area contributed by atoms with Gasteiger partial charge in [-0.05, 0) is 65.1 Å². The lowest BCUT2D eigenvalue weighted by molar-refractivity contribution is -0.151. The van der Waals surface area contributed by atoms with Crippen LogP contribution in [0.1, 0.15) is 30.5 Å². The van der Waals surface area contributed by atoms with E-state index >= 15 is 0 Å². The fourth-order valence-electron chi connectivity index (χ4n) is 6.21. The first-order chi connectivity index (χ1) is 23.5. The van der Waals surface area contributed by atoms with Gasteiger partial charge in [0.25, 0.3) is 0 Å². The van der Waals surface area contributed by atoms with Crippen molar-refractivity contribution >= 4 is 34.4 Å². The number of nitrogens with one attached hydrogen (secondary N) is 2. The van der Waals surface area contributed by atoms with Crippen molar-refractivity contribution in [3.63, 3.8) is 0 Å². The molecule has 0 aliphatic carbocycles. The number of phenolic OH excluding ortho intramolecular Hbond substituents is 1. The second kappa shape index (κ2) is 15.7. The number of hydrogen-bond donors (Lipinski definition) is 4. The molecule has 0 saturated carbocycles. The summed E-state index contributed by atoms with van der Waals surface area (Å²) in [7, 11) is 0.